The molecule has 0 saturated carbocycles. The van der Waals surface area contributed by atoms with Gasteiger partial charge in [0.1, 0.15) is 11.5 Å². The molecule has 1 unspecified atom stereocenters. The van der Waals surface area contributed by atoms with Crippen molar-refractivity contribution < 1.29 is 22.7 Å². The number of hydrogen-bond donors (Lipinski definition) is 1. The molecule has 0 bridgehead atoms. The van der Waals surface area contributed by atoms with Crippen molar-refractivity contribution in [2.75, 3.05) is 0 Å². The van der Waals surface area contributed by atoms with E-state index < -0.39 is 17.4 Å². The Morgan fingerprint density at radius 2 is 1.82 bits per heavy atom. The van der Waals surface area contributed by atoms with Gasteiger partial charge in [-0.15, -0.1) is 0 Å². The fourth-order valence-electron chi connectivity index (χ4n) is 2.24. The number of benzene rings is 1. The Labute approximate surface area is 125 Å². The molecule has 0 aliphatic rings. The average Bonchev–Trinajstić information content (AvgIpc) is 2.43. The summed E-state index contributed by atoms with van der Waals surface area (Å²) in [4.78, 5) is 11.3. The van der Waals surface area contributed by atoms with E-state index in [1.807, 2.05) is 6.92 Å². The molecule has 1 aromatic carbocycles. The average molecular weight is 312 g/mol. The number of alkyl halides is 3. The molecule has 0 aliphatic heterocycles. The van der Waals surface area contributed by atoms with Gasteiger partial charge in [-0.3, -0.25) is 0 Å². The lowest BCUT2D eigenvalue weighted by molar-refractivity contribution is -0.137. The van der Waals surface area contributed by atoms with Crippen LogP contribution in [0.25, 0.3) is 0 Å². The summed E-state index contributed by atoms with van der Waals surface area (Å²) in [6.07, 6.45) is -3.32. The fourth-order valence-corrected chi connectivity index (χ4v) is 2.24. The lowest BCUT2D eigenvalue weighted by atomic mass is 9.93. The number of halogens is 3. The molecule has 2 aromatic rings. The molecular formula is C16H15F3O3. The molecule has 118 valence electrons. The third-order valence-corrected chi connectivity index (χ3v) is 3.43. The first-order valence-electron chi connectivity index (χ1n) is 6.79. The molecule has 1 heterocycles. The van der Waals surface area contributed by atoms with E-state index in [0.717, 1.165) is 18.2 Å². The summed E-state index contributed by atoms with van der Waals surface area (Å²) < 4.78 is 42.6. The summed E-state index contributed by atoms with van der Waals surface area (Å²) >= 11 is 0. The highest BCUT2D eigenvalue weighted by molar-refractivity contribution is 5.27. The van der Waals surface area contributed by atoms with Gasteiger partial charge in [-0.2, -0.15) is 13.2 Å². The molecule has 0 radical (unpaired) electrons. The first-order chi connectivity index (χ1) is 10.3. The van der Waals surface area contributed by atoms with Crippen LogP contribution in [0.3, 0.4) is 0 Å². The summed E-state index contributed by atoms with van der Waals surface area (Å²) in [6, 6.07) is 7.20. The van der Waals surface area contributed by atoms with Gasteiger partial charge in [-0.1, -0.05) is 19.1 Å². The molecule has 3 nitrogen and oxygen atoms in total. The van der Waals surface area contributed by atoms with Gasteiger partial charge in [-0.25, -0.2) is 4.79 Å². The van der Waals surface area contributed by atoms with Gasteiger partial charge in [0.05, 0.1) is 11.6 Å². The van der Waals surface area contributed by atoms with Crippen molar-refractivity contribution in [3.05, 3.63) is 63.7 Å². The van der Waals surface area contributed by atoms with Gasteiger partial charge >= 0.3 is 11.8 Å². The molecule has 0 spiro atoms. The maximum absolute atomic E-state index is 12.5. The van der Waals surface area contributed by atoms with E-state index in [-0.39, 0.29) is 11.7 Å². The molecule has 6 heteroatoms. The van der Waals surface area contributed by atoms with E-state index in [0.29, 0.717) is 24.2 Å². The minimum absolute atomic E-state index is 0.183. The topological polar surface area (TPSA) is 50.4 Å². The maximum Gasteiger partial charge on any atom is 0.416 e. The van der Waals surface area contributed by atoms with Gasteiger partial charge in [-0.05, 0) is 30.5 Å². The van der Waals surface area contributed by atoms with Gasteiger partial charge in [0.2, 0.25) is 0 Å². The van der Waals surface area contributed by atoms with Crippen LogP contribution < -0.4 is 5.63 Å². The van der Waals surface area contributed by atoms with Crippen molar-refractivity contribution in [2.24, 2.45) is 0 Å². The van der Waals surface area contributed by atoms with Crippen LogP contribution in [0.4, 0.5) is 13.2 Å². The maximum atomic E-state index is 12.5. The fraction of sp³-hybridized carbons (Fsp3) is 0.312. The Morgan fingerprint density at radius 3 is 2.32 bits per heavy atom. The molecule has 2 rings (SSSR count). The van der Waals surface area contributed by atoms with E-state index in [9.17, 15) is 23.1 Å². The van der Waals surface area contributed by atoms with Crippen molar-refractivity contribution in [2.45, 2.75) is 31.9 Å². The van der Waals surface area contributed by atoms with Crippen LogP contribution in [-0.4, -0.2) is 5.11 Å². The highest BCUT2D eigenvalue weighted by Gasteiger charge is 2.30. The Kier molecular flexibility index (Phi) is 4.59. The molecule has 0 aliphatic carbocycles. The van der Waals surface area contributed by atoms with Crippen LogP contribution in [0.1, 0.15) is 36.1 Å². The summed E-state index contributed by atoms with van der Waals surface area (Å²) in [5.74, 6) is -0.0546. The highest BCUT2D eigenvalue weighted by Crippen LogP contribution is 2.30. The summed E-state index contributed by atoms with van der Waals surface area (Å²) in [5.41, 5.74) is -0.653. The smallest absolute Gasteiger partial charge is 0.416 e. The Morgan fingerprint density at radius 1 is 1.18 bits per heavy atom. The van der Waals surface area contributed by atoms with Gasteiger partial charge in [0, 0.05) is 12.0 Å². The predicted molar refractivity (Wildman–Crippen MR) is 74.8 cm³/mol. The SMILES string of the molecule is CCC(Cc1ccc(C(F)(F)F)cc1)c1cc(O)cc(=O)o1. The lowest BCUT2D eigenvalue weighted by Gasteiger charge is -2.14. The minimum atomic E-state index is -4.36. The van der Waals surface area contributed by atoms with Crippen molar-refractivity contribution in [3.63, 3.8) is 0 Å². The number of hydrogen-bond acceptors (Lipinski definition) is 3. The van der Waals surface area contributed by atoms with Gasteiger partial charge in [0.25, 0.3) is 0 Å². The van der Waals surface area contributed by atoms with Gasteiger partial charge in [0.15, 0.2) is 0 Å². The Bertz CT molecular complexity index is 687. The van der Waals surface area contributed by atoms with Crippen LogP contribution in [0.5, 0.6) is 5.75 Å². The highest BCUT2D eigenvalue weighted by atomic mass is 19.4. The molecule has 0 fully saturated rings. The lowest BCUT2D eigenvalue weighted by Crippen LogP contribution is -2.08. The number of rotatable bonds is 4. The third-order valence-electron chi connectivity index (χ3n) is 3.43. The van der Waals surface area contributed by atoms with E-state index in [2.05, 4.69) is 0 Å². The Hall–Kier alpha value is -2.24. The standard InChI is InChI=1S/C16H15F3O3/c1-2-11(14-8-13(20)9-15(21)22-14)7-10-3-5-12(6-4-10)16(17,18)19/h3-6,8-9,11,20H,2,7H2,1H3. The predicted octanol–water partition coefficient (Wildman–Crippen LogP) is 4.10. The van der Waals surface area contributed by atoms with Crippen LogP contribution in [0.2, 0.25) is 0 Å². The van der Waals surface area contributed by atoms with Crippen molar-refractivity contribution in [1.82, 2.24) is 0 Å². The van der Waals surface area contributed by atoms with Gasteiger partial charge < -0.3 is 9.52 Å². The first-order valence-corrected chi connectivity index (χ1v) is 6.79. The normalized spacial score (nSPS) is 13.1. The largest absolute Gasteiger partial charge is 0.508 e. The summed E-state index contributed by atoms with van der Waals surface area (Å²) in [5, 5.41) is 9.45. The van der Waals surface area contributed by atoms with E-state index in [1.54, 1.807) is 0 Å². The molecule has 22 heavy (non-hydrogen) atoms. The molecular weight excluding hydrogens is 297 g/mol. The van der Waals surface area contributed by atoms with Crippen LogP contribution in [0.15, 0.2) is 45.6 Å². The quantitative estimate of drug-likeness (QED) is 0.924. The number of aromatic hydroxyl groups is 1. The van der Waals surface area contributed by atoms with Crippen LogP contribution in [-0.2, 0) is 12.6 Å². The van der Waals surface area contributed by atoms with E-state index >= 15 is 0 Å². The van der Waals surface area contributed by atoms with Crippen molar-refractivity contribution in [1.29, 1.82) is 0 Å². The van der Waals surface area contributed by atoms with E-state index in [4.69, 9.17) is 4.42 Å². The Balaban J connectivity index is 2.21. The molecule has 1 aromatic heterocycles. The van der Waals surface area contributed by atoms with E-state index in [1.165, 1.54) is 18.2 Å². The third kappa shape index (κ3) is 3.90. The second-order valence-electron chi connectivity index (χ2n) is 5.04. The second-order valence-corrected chi connectivity index (χ2v) is 5.04. The van der Waals surface area contributed by atoms with Crippen molar-refractivity contribution >= 4 is 0 Å². The second kappa shape index (κ2) is 6.25. The zero-order valence-corrected chi connectivity index (χ0v) is 11.9. The molecule has 0 amide bonds. The molecule has 1 atom stereocenters. The monoisotopic (exact) mass is 312 g/mol. The minimum Gasteiger partial charge on any atom is -0.508 e. The van der Waals surface area contributed by atoms with Crippen molar-refractivity contribution in [3.8, 4) is 5.75 Å². The van der Waals surface area contributed by atoms with Crippen LogP contribution >= 0.6 is 0 Å². The zero-order valence-electron chi connectivity index (χ0n) is 11.9. The molecule has 0 saturated heterocycles. The van der Waals surface area contributed by atoms with Crippen LogP contribution in [0, 0.1) is 0 Å². The first kappa shape index (κ1) is 16.1. The summed E-state index contributed by atoms with van der Waals surface area (Å²) in [6.45, 7) is 1.87. The summed E-state index contributed by atoms with van der Waals surface area (Å²) in [7, 11) is 0. The zero-order chi connectivity index (χ0) is 16.3. The molecule has 1 N–H and O–H groups in total.